The minimum atomic E-state index is 0.577. The average Bonchev–Trinajstić information content (AvgIpc) is 2.60. The van der Waals surface area contributed by atoms with Gasteiger partial charge in [-0.2, -0.15) is 0 Å². The van der Waals surface area contributed by atoms with Crippen LogP contribution in [0.15, 0.2) is 54.6 Å². The van der Waals surface area contributed by atoms with Crippen LogP contribution in [0.1, 0.15) is 31.4 Å². The van der Waals surface area contributed by atoms with Crippen molar-refractivity contribution >= 4 is 0 Å². The quantitative estimate of drug-likeness (QED) is 0.697. The average molecular weight is 341 g/mol. The molecular formula is C22H32N2O. The van der Waals surface area contributed by atoms with Crippen molar-refractivity contribution in [3.63, 3.8) is 0 Å². The molecule has 0 spiro atoms. The highest BCUT2D eigenvalue weighted by atomic mass is 16.5. The molecular weight excluding hydrogens is 308 g/mol. The Morgan fingerprint density at radius 2 is 1.60 bits per heavy atom. The Balaban J connectivity index is 1.76. The Bertz CT molecular complexity index is 593. The van der Waals surface area contributed by atoms with Crippen molar-refractivity contribution < 1.29 is 4.74 Å². The number of nitrogens with one attached hydrogen (secondary N) is 1. The van der Waals surface area contributed by atoms with E-state index >= 15 is 0 Å². The zero-order chi connectivity index (χ0) is 18.1. The van der Waals surface area contributed by atoms with Crippen LogP contribution in [0.25, 0.3) is 0 Å². The fourth-order valence-electron chi connectivity index (χ4n) is 2.85. The molecule has 0 heterocycles. The van der Waals surface area contributed by atoms with E-state index in [9.17, 15) is 0 Å². The van der Waals surface area contributed by atoms with Gasteiger partial charge in [-0.25, -0.2) is 0 Å². The van der Waals surface area contributed by atoms with Gasteiger partial charge in [0, 0.05) is 19.1 Å². The summed E-state index contributed by atoms with van der Waals surface area (Å²) in [6.45, 7) is 7.08. The Hall–Kier alpha value is -1.84. The molecule has 2 aromatic carbocycles. The van der Waals surface area contributed by atoms with Gasteiger partial charge in [0.2, 0.25) is 0 Å². The van der Waals surface area contributed by atoms with E-state index in [0.717, 1.165) is 24.8 Å². The van der Waals surface area contributed by atoms with Gasteiger partial charge in [-0.15, -0.1) is 0 Å². The second kappa shape index (κ2) is 10.2. The van der Waals surface area contributed by atoms with E-state index in [2.05, 4.69) is 74.6 Å². The number of ether oxygens (including phenoxy) is 1. The van der Waals surface area contributed by atoms with Crippen LogP contribution in [0.4, 0.5) is 0 Å². The predicted molar refractivity (Wildman–Crippen MR) is 106 cm³/mol. The van der Waals surface area contributed by atoms with E-state index in [-0.39, 0.29) is 0 Å². The van der Waals surface area contributed by atoms with Crippen molar-refractivity contribution in [1.82, 2.24) is 10.2 Å². The second-order valence-corrected chi connectivity index (χ2v) is 7.30. The molecule has 0 bridgehead atoms. The van der Waals surface area contributed by atoms with E-state index in [1.54, 1.807) is 0 Å². The summed E-state index contributed by atoms with van der Waals surface area (Å²) in [6.07, 6.45) is 1.21. The van der Waals surface area contributed by atoms with Crippen LogP contribution in [0.5, 0.6) is 5.75 Å². The van der Waals surface area contributed by atoms with E-state index in [1.165, 1.54) is 17.5 Å². The third-order valence-corrected chi connectivity index (χ3v) is 4.35. The lowest BCUT2D eigenvalue weighted by molar-refractivity contribution is 0.246. The topological polar surface area (TPSA) is 24.5 Å². The molecule has 0 saturated carbocycles. The predicted octanol–water partition coefficient (Wildman–Crippen LogP) is 4.33. The highest BCUT2D eigenvalue weighted by Gasteiger charge is 2.12. The summed E-state index contributed by atoms with van der Waals surface area (Å²) in [5.41, 5.74) is 2.47. The first kappa shape index (κ1) is 19.5. The fraction of sp³-hybridized carbons (Fsp3) is 0.455. The third kappa shape index (κ3) is 7.29. The first-order valence-corrected chi connectivity index (χ1v) is 9.17. The molecule has 136 valence electrons. The molecule has 2 rings (SSSR count). The smallest absolute Gasteiger partial charge is 0.119 e. The maximum Gasteiger partial charge on any atom is 0.119 e. The first-order valence-electron chi connectivity index (χ1n) is 9.17. The van der Waals surface area contributed by atoms with Crippen molar-refractivity contribution in [2.75, 3.05) is 20.6 Å². The third-order valence-electron chi connectivity index (χ3n) is 4.35. The molecule has 0 radical (unpaired) electrons. The summed E-state index contributed by atoms with van der Waals surface area (Å²) in [5, 5.41) is 3.58. The summed E-state index contributed by atoms with van der Waals surface area (Å²) in [6, 6.07) is 19.2. The van der Waals surface area contributed by atoms with Gasteiger partial charge in [0.05, 0.1) is 0 Å². The van der Waals surface area contributed by atoms with Gasteiger partial charge < -0.3 is 15.0 Å². The van der Waals surface area contributed by atoms with Crippen molar-refractivity contribution in [3.8, 4) is 5.75 Å². The maximum absolute atomic E-state index is 5.84. The molecule has 3 heteroatoms. The van der Waals surface area contributed by atoms with Crippen molar-refractivity contribution in [2.45, 2.75) is 39.5 Å². The standard InChI is InChI=1S/C22H32N2O/c1-18(2)14-21(24(3)4)16-23-15-19-10-12-22(13-11-19)25-17-20-8-6-5-7-9-20/h5-13,18,21,23H,14-17H2,1-4H3. The lowest BCUT2D eigenvalue weighted by Gasteiger charge is -2.26. The van der Waals surface area contributed by atoms with Crippen LogP contribution in [0, 0.1) is 5.92 Å². The van der Waals surface area contributed by atoms with Gasteiger partial charge in [0.15, 0.2) is 0 Å². The number of nitrogens with zero attached hydrogens (tertiary/aromatic N) is 1. The number of rotatable bonds is 10. The molecule has 1 N–H and O–H groups in total. The molecule has 1 atom stereocenters. The highest BCUT2D eigenvalue weighted by molar-refractivity contribution is 5.27. The summed E-state index contributed by atoms with van der Waals surface area (Å²) < 4.78 is 5.84. The summed E-state index contributed by atoms with van der Waals surface area (Å²) in [7, 11) is 4.32. The van der Waals surface area contributed by atoms with E-state index < -0.39 is 0 Å². The summed E-state index contributed by atoms with van der Waals surface area (Å²) >= 11 is 0. The minimum Gasteiger partial charge on any atom is -0.489 e. The van der Waals surface area contributed by atoms with Gasteiger partial charge in [-0.05, 0) is 49.7 Å². The largest absolute Gasteiger partial charge is 0.489 e. The van der Waals surface area contributed by atoms with E-state index in [0.29, 0.717) is 12.6 Å². The van der Waals surface area contributed by atoms with Gasteiger partial charge in [0.25, 0.3) is 0 Å². The molecule has 1 unspecified atom stereocenters. The van der Waals surface area contributed by atoms with E-state index in [4.69, 9.17) is 4.74 Å². The Morgan fingerprint density at radius 1 is 0.920 bits per heavy atom. The molecule has 2 aromatic rings. The first-order chi connectivity index (χ1) is 12.0. The van der Waals surface area contributed by atoms with Gasteiger partial charge in [-0.3, -0.25) is 0 Å². The van der Waals surface area contributed by atoms with Crippen LogP contribution in [0.2, 0.25) is 0 Å². The SMILES string of the molecule is CC(C)CC(CNCc1ccc(OCc2ccccc2)cc1)N(C)C. The normalized spacial score (nSPS) is 12.6. The van der Waals surface area contributed by atoms with Gasteiger partial charge >= 0.3 is 0 Å². The minimum absolute atomic E-state index is 0.577. The van der Waals surface area contributed by atoms with Crippen LogP contribution < -0.4 is 10.1 Å². The molecule has 0 saturated heterocycles. The maximum atomic E-state index is 5.84. The number of hydrogen-bond acceptors (Lipinski definition) is 3. The lowest BCUT2D eigenvalue weighted by Crippen LogP contribution is -2.38. The number of hydrogen-bond donors (Lipinski definition) is 1. The fourth-order valence-corrected chi connectivity index (χ4v) is 2.85. The van der Waals surface area contributed by atoms with Gasteiger partial charge in [0.1, 0.15) is 12.4 Å². The Morgan fingerprint density at radius 3 is 2.20 bits per heavy atom. The molecule has 3 nitrogen and oxygen atoms in total. The van der Waals surface area contributed by atoms with E-state index in [1.807, 2.05) is 18.2 Å². The number of likely N-dealkylation sites (N-methyl/N-ethyl adjacent to an activating group) is 1. The van der Waals surface area contributed by atoms with Crippen LogP contribution in [0.3, 0.4) is 0 Å². The summed E-state index contributed by atoms with van der Waals surface area (Å²) in [4.78, 5) is 2.31. The van der Waals surface area contributed by atoms with Crippen LogP contribution in [-0.4, -0.2) is 31.6 Å². The van der Waals surface area contributed by atoms with Gasteiger partial charge in [-0.1, -0.05) is 56.3 Å². The lowest BCUT2D eigenvalue weighted by atomic mass is 10.0. The van der Waals surface area contributed by atoms with Crippen molar-refractivity contribution in [2.24, 2.45) is 5.92 Å². The van der Waals surface area contributed by atoms with Crippen molar-refractivity contribution in [1.29, 1.82) is 0 Å². The molecule has 0 fully saturated rings. The van der Waals surface area contributed by atoms with Crippen molar-refractivity contribution in [3.05, 3.63) is 65.7 Å². The molecule has 0 aliphatic heterocycles. The zero-order valence-corrected chi connectivity index (χ0v) is 16.0. The molecule has 25 heavy (non-hydrogen) atoms. The molecule has 0 aliphatic rings. The second-order valence-electron chi connectivity index (χ2n) is 7.30. The van der Waals surface area contributed by atoms with Crippen LogP contribution in [-0.2, 0) is 13.2 Å². The summed E-state index contributed by atoms with van der Waals surface area (Å²) in [5.74, 6) is 1.63. The molecule has 0 amide bonds. The van der Waals surface area contributed by atoms with Crippen LogP contribution >= 0.6 is 0 Å². The Labute approximate surface area is 153 Å². The molecule has 0 aliphatic carbocycles. The zero-order valence-electron chi connectivity index (χ0n) is 16.0. The Kier molecular flexibility index (Phi) is 7.96. The highest BCUT2D eigenvalue weighted by Crippen LogP contribution is 2.14. The molecule has 0 aromatic heterocycles. The monoisotopic (exact) mass is 340 g/mol. The number of benzene rings is 2.